The van der Waals surface area contributed by atoms with Crippen molar-refractivity contribution >= 4 is 16.7 Å². The van der Waals surface area contributed by atoms with E-state index in [0.717, 1.165) is 48.7 Å². The van der Waals surface area contributed by atoms with Crippen molar-refractivity contribution in [3.8, 4) is 11.4 Å². The number of hydrogen-bond acceptors (Lipinski definition) is 3. The molecule has 0 amide bonds. The molecule has 0 aliphatic rings. The zero-order chi connectivity index (χ0) is 21.0. The number of hydrogen-bond donors (Lipinski definition) is 0. The van der Waals surface area contributed by atoms with Crippen molar-refractivity contribution in [2.45, 2.75) is 40.5 Å². The molecule has 0 N–H and O–H groups in total. The molecule has 3 nitrogen and oxygen atoms in total. The van der Waals surface area contributed by atoms with Gasteiger partial charge in [0.15, 0.2) is 5.82 Å². The molecule has 0 aliphatic heterocycles. The van der Waals surface area contributed by atoms with E-state index in [1.54, 1.807) is 0 Å². The molecule has 0 saturated carbocycles. The second kappa shape index (κ2) is 9.29. The van der Waals surface area contributed by atoms with Crippen LogP contribution in [0.2, 0.25) is 0 Å². The van der Waals surface area contributed by atoms with Gasteiger partial charge in [-0.3, -0.25) is 0 Å². The number of benzene rings is 2. The van der Waals surface area contributed by atoms with Gasteiger partial charge in [0.2, 0.25) is 0 Å². The van der Waals surface area contributed by atoms with E-state index < -0.39 is 11.6 Å². The van der Waals surface area contributed by atoms with E-state index in [1.165, 1.54) is 12.1 Å². The SMILES string of the molecule is CC(C)CCN(CCC(C)C)c1nc(-c2ccc(F)cc2F)nc2ccccc12. The third kappa shape index (κ3) is 5.28. The highest BCUT2D eigenvalue weighted by Gasteiger charge is 2.18. The molecule has 5 heteroatoms. The second-order valence-corrected chi connectivity index (χ2v) is 8.36. The third-order valence-electron chi connectivity index (χ3n) is 5.01. The van der Waals surface area contributed by atoms with Crippen LogP contribution in [0.1, 0.15) is 40.5 Å². The number of anilines is 1. The van der Waals surface area contributed by atoms with Gasteiger partial charge >= 0.3 is 0 Å². The molecule has 3 rings (SSSR count). The van der Waals surface area contributed by atoms with Crippen molar-refractivity contribution < 1.29 is 8.78 Å². The minimum atomic E-state index is -0.651. The van der Waals surface area contributed by atoms with E-state index >= 15 is 0 Å². The second-order valence-electron chi connectivity index (χ2n) is 8.36. The van der Waals surface area contributed by atoms with Crippen LogP contribution in [0.5, 0.6) is 0 Å². The van der Waals surface area contributed by atoms with Crippen LogP contribution in [0.15, 0.2) is 42.5 Å². The number of aromatic nitrogens is 2. The van der Waals surface area contributed by atoms with Gasteiger partial charge in [0.05, 0.1) is 11.1 Å². The summed E-state index contributed by atoms with van der Waals surface area (Å²) in [6, 6.07) is 11.3. The van der Waals surface area contributed by atoms with E-state index in [9.17, 15) is 8.78 Å². The van der Waals surface area contributed by atoms with E-state index in [4.69, 9.17) is 4.98 Å². The van der Waals surface area contributed by atoms with E-state index in [1.807, 2.05) is 24.3 Å². The molecule has 0 saturated heterocycles. The lowest BCUT2D eigenvalue weighted by atomic mass is 10.1. The minimum absolute atomic E-state index is 0.214. The molecule has 0 unspecified atom stereocenters. The van der Waals surface area contributed by atoms with Crippen LogP contribution in [-0.4, -0.2) is 23.1 Å². The highest BCUT2D eigenvalue weighted by molar-refractivity contribution is 5.91. The number of nitrogens with zero attached hydrogens (tertiary/aromatic N) is 3. The predicted octanol–water partition coefficient (Wildman–Crippen LogP) is 6.47. The molecule has 1 aromatic heterocycles. The van der Waals surface area contributed by atoms with Crippen molar-refractivity contribution in [3.63, 3.8) is 0 Å². The quantitative estimate of drug-likeness (QED) is 0.436. The summed E-state index contributed by atoms with van der Waals surface area (Å²) in [7, 11) is 0. The standard InChI is InChI=1S/C24H29F2N3/c1-16(2)11-13-29(14-12-17(3)4)24-20-7-5-6-8-22(20)27-23(28-24)19-10-9-18(25)15-21(19)26/h5-10,15-17H,11-14H2,1-4H3. The smallest absolute Gasteiger partial charge is 0.165 e. The Kier molecular flexibility index (Phi) is 6.78. The van der Waals surface area contributed by atoms with Crippen molar-refractivity contribution in [3.05, 3.63) is 54.1 Å². The summed E-state index contributed by atoms with van der Waals surface area (Å²) in [6.45, 7) is 10.6. The Morgan fingerprint density at radius 2 is 1.52 bits per heavy atom. The third-order valence-corrected chi connectivity index (χ3v) is 5.01. The lowest BCUT2D eigenvalue weighted by Gasteiger charge is -2.27. The number of para-hydroxylation sites is 1. The van der Waals surface area contributed by atoms with Gasteiger partial charge in [-0.05, 0) is 48.9 Å². The molecule has 0 spiro atoms. The van der Waals surface area contributed by atoms with Crippen LogP contribution in [0.4, 0.5) is 14.6 Å². The van der Waals surface area contributed by atoms with E-state index in [0.29, 0.717) is 11.8 Å². The van der Waals surface area contributed by atoms with Gasteiger partial charge in [0, 0.05) is 24.5 Å². The summed E-state index contributed by atoms with van der Waals surface area (Å²) in [4.78, 5) is 11.6. The number of halogens is 2. The van der Waals surface area contributed by atoms with Gasteiger partial charge in [0.25, 0.3) is 0 Å². The van der Waals surface area contributed by atoms with E-state index in [-0.39, 0.29) is 11.4 Å². The minimum Gasteiger partial charge on any atom is -0.356 e. The lowest BCUT2D eigenvalue weighted by Crippen LogP contribution is -2.29. The van der Waals surface area contributed by atoms with Crippen LogP contribution in [0, 0.1) is 23.5 Å². The van der Waals surface area contributed by atoms with Crippen molar-refractivity contribution in [2.75, 3.05) is 18.0 Å². The van der Waals surface area contributed by atoms with Crippen molar-refractivity contribution in [2.24, 2.45) is 11.8 Å². The van der Waals surface area contributed by atoms with Gasteiger partial charge in [-0.1, -0.05) is 39.8 Å². The number of fused-ring (bicyclic) bond motifs is 1. The molecule has 154 valence electrons. The Bertz CT molecular complexity index is 957. The molecule has 29 heavy (non-hydrogen) atoms. The maximum absolute atomic E-state index is 14.4. The van der Waals surface area contributed by atoms with Crippen molar-refractivity contribution in [1.29, 1.82) is 0 Å². The Balaban J connectivity index is 2.12. The van der Waals surface area contributed by atoms with Crippen LogP contribution >= 0.6 is 0 Å². The Morgan fingerprint density at radius 1 is 0.862 bits per heavy atom. The fourth-order valence-electron chi connectivity index (χ4n) is 3.24. The summed E-state index contributed by atoms with van der Waals surface area (Å²) in [5, 5.41) is 0.950. The molecule has 3 aromatic rings. The Morgan fingerprint density at radius 3 is 2.14 bits per heavy atom. The summed E-state index contributed by atoms with van der Waals surface area (Å²) >= 11 is 0. The molecular formula is C24H29F2N3. The van der Waals surface area contributed by atoms with Crippen LogP contribution in [-0.2, 0) is 0 Å². The molecule has 0 fully saturated rings. The first-order valence-electron chi connectivity index (χ1n) is 10.3. The molecule has 1 heterocycles. The highest BCUT2D eigenvalue weighted by Crippen LogP contribution is 2.29. The van der Waals surface area contributed by atoms with Gasteiger partial charge in [-0.25, -0.2) is 18.7 Å². The van der Waals surface area contributed by atoms with Gasteiger partial charge in [0.1, 0.15) is 17.5 Å². The molecule has 2 aromatic carbocycles. The molecule has 0 bridgehead atoms. The molecule has 0 atom stereocenters. The average Bonchev–Trinajstić information content (AvgIpc) is 2.67. The average molecular weight is 398 g/mol. The molecule has 0 aliphatic carbocycles. The van der Waals surface area contributed by atoms with Crippen LogP contribution < -0.4 is 4.90 Å². The monoisotopic (exact) mass is 397 g/mol. The van der Waals surface area contributed by atoms with Gasteiger partial charge in [-0.15, -0.1) is 0 Å². The topological polar surface area (TPSA) is 29.0 Å². The first-order chi connectivity index (χ1) is 13.8. The molecule has 0 radical (unpaired) electrons. The van der Waals surface area contributed by atoms with Gasteiger partial charge < -0.3 is 4.90 Å². The fourth-order valence-corrected chi connectivity index (χ4v) is 3.24. The summed E-state index contributed by atoms with van der Waals surface area (Å²) in [6.07, 6.45) is 2.08. The number of rotatable bonds is 8. The van der Waals surface area contributed by atoms with Crippen LogP contribution in [0.25, 0.3) is 22.3 Å². The van der Waals surface area contributed by atoms with Crippen LogP contribution in [0.3, 0.4) is 0 Å². The molecular weight excluding hydrogens is 368 g/mol. The normalized spacial score (nSPS) is 11.6. The van der Waals surface area contributed by atoms with Gasteiger partial charge in [-0.2, -0.15) is 0 Å². The van der Waals surface area contributed by atoms with Crippen molar-refractivity contribution in [1.82, 2.24) is 9.97 Å². The fraction of sp³-hybridized carbons (Fsp3) is 0.417. The predicted molar refractivity (Wildman–Crippen MR) is 116 cm³/mol. The summed E-state index contributed by atoms with van der Waals surface area (Å²) < 4.78 is 27.8. The lowest BCUT2D eigenvalue weighted by molar-refractivity contribution is 0.533. The maximum atomic E-state index is 14.4. The Labute approximate surface area is 171 Å². The zero-order valence-electron chi connectivity index (χ0n) is 17.6. The maximum Gasteiger partial charge on any atom is 0.165 e. The zero-order valence-corrected chi connectivity index (χ0v) is 17.6. The Hall–Kier alpha value is -2.56. The summed E-state index contributed by atoms with van der Waals surface area (Å²) in [5.74, 6) is 0.980. The largest absolute Gasteiger partial charge is 0.356 e. The van der Waals surface area contributed by atoms with E-state index in [2.05, 4.69) is 37.6 Å². The first kappa shape index (κ1) is 21.2. The first-order valence-corrected chi connectivity index (χ1v) is 10.3. The highest BCUT2D eigenvalue weighted by atomic mass is 19.1. The summed E-state index contributed by atoms with van der Waals surface area (Å²) in [5.41, 5.74) is 0.974.